The van der Waals surface area contributed by atoms with Gasteiger partial charge in [0.1, 0.15) is 0 Å². The fourth-order valence-corrected chi connectivity index (χ4v) is 2.35. The summed E-state index contributed by atoms with van der Waals surface area (Å²) in [6.07, 6.45) is 1.55. The van der Waals surface area contributed by atoms with E-state index in [0.717, 1.165) is 0 Å². The molecule has 0 fully saturated rings. The maximum atomic E-state index is 12.6. The van der Waals surface area contributed by atoms with E-state index in [1.54, 1.807) is 24.9 Å². The van der Waals surface area contributed by atoms with Gasteiger partial charge in [0.15, 0.2) is 11.2 Å². The molecule has 22 heavy (non-hydrogen) atoms. The second kappa shape index (κ2) is 6.43. The van der Waals surface area contributed by atoms with E-state index in [-0.39, 0.29) is 11.2 Å². The summed E-state index contributed by atoms with van der Waals surface area (Å²) in [4.78, 5) is 28.9. The van der Waals surface area contributed by atoms with Gasteiger partial charge in [-0.2, -0.15) is 0 Å². The Bertz CT molecular complexity index is 888. The van der Waals surface area contributed by atoms with Gasteiger partial charge < -0.3 is 4.57 Å². The largest absolute Gasteiger partial charge is 0.337 e. The minimum Gasteiger partial charge on any atom is -0.319 e. The van der Waals surface area contributed by atoms with Crippen LogP contribution in [0.5, 0.6) is 0 Å². The number of rotatable bonds is 2. The van der Waals surface area contributed by atoms with E-state index in [1.807, 2.05) is 44.2 Å². The van der Waals surface area contributed by atoms with Crippen LogP contribution in [0.4, 0.5) is 0 Å². The average Bonchev–Trinajstić information content (AvgIpc) is 2.93. The molecule has 0 saturated carbocycles. The molecule has 0 aliphatic rings. The van der Waals surface area contributed by atoms with Crippen LogP contribution in [0.1, 0.15) is 20.8 Å². The molecule has 0 N–H and O–H groups in total. The van der Waals surface area contributed by atoms with Crippen molar-refractivity contribution in [3.05, 3.63) is 57.5 Å². The predicted molar refractivity (Wildman–Crippen MR) is 87.6 cm³/mol. The molecule has 0 bridgehead atoms. The van der Waals surface area contributed by atoms with Gasteiger partial charge >= 0.3 is 5.69 Å². The Kier molecular flexibility index (Phi) is 4.60. The van der Waals surface area contributed by atoms with Crippen LogP contribution >= 0.6 is 0 Å². The Hall–Kier alpha value is -2.63. The molecule has 6 heteroatoms. The van der Waals surface area contributed by atoms with Gasteiger partial charge in [-0.1, -0.05) is 32.0 Å². The van der Waals surface area contributed by atoms with Gasteiger partial charge in [0.2, 0.25) is 0 Å². The number of benzene rings is 1. The van der Waals surface area contributed by atoms with E-state index in [1.165, 1.54) is 9.13 Å². The minimum atomic E-state index is -0.347. The summed E-state index contributed by atoms with van der Waals surface area (Å²) < 4.78 is 4.40. The Morgan fingerprint density at radius 3 is 2.32 bits per heavy atom. The zero-order valence-corrected chi connectivity index (χ0v) is 13.3. The van der Waals surface area contributed by atoms with Crippen molar-refractivity contribution in [1.82, 2.24) is 18.7 Å². The lowest BCUT2D eigenvalue weighted by Crippen LogP contribution is -2.39. The van der Waals surface area contributed by atoms with Crippen LogP contribution in [-0.2, 0) is 13.6 Å². The van der Waals surface area contributed by atoms with Gasteiger partial charge in [0.25, 0.3) is 5.56 Å². The first-order valence-electron chi connectivity index (χ1n) is 7.37. The van der Waals surface area contributed by atoms with E-state index in [0.29, 0.717) is 23.4 Å². The van der Waals surface area contributed by atoms with Gasteiger partial charge in [-0.05, 0) is 19.1 Å². The zero-order chi connectivity index (χ0) is 16.3. The van der Waals surface area contributed by atoms with Crippen LogP contribution in [-0.4, -0.2) is 18.7 Å². The monoisotopic (exact) mass is 300 g/mol. The molecule has 0 aliphatic carbocycles. The van der Waals surface area contributed by atoms with Crippen molar-refractivity contribution >= 4 is 11.2 Å². The number of hydrogen-bond acceptors (Lipinski definition) is 3. The molecule has 2 heterocycles. The van der Waals surface area contributed by atoms with Crippen molar-refractivity contribution < 1.29 is 0 Å². The Balaban J connectivity index is 0.000000847. The van der Waals surface area contributed by atoms with Crippen LogP contribution in [0.25, 0.3) is 16.9 Å². The fourth-order valence-electron chi connectivity index (χ4n) is 2.35. The number of para-hydroxylation sites is 1. The van der Waals surface area contributed by atoms with Crippen LogP contribution in [0.2, 0.25) is 0 Å². The number of aryl methyl sites for hydroxylation is 1. The summed E-state index contributed by atoms with van der Waals surface area (Å²) >= 11 is 0. The summed E-state index contributed by atoms with van der Waals surface area (Å²) in [7, 11) is 1.77. The summed E-state index contributed by atoms with van der Waals surface area (Å²) in [6.45, 7) is 6.09. The molecular weight excluding hydrogens is 280 g/mol. The smallest absolute Gasteiger partial charge is 0.319 e. The molecule has 3 aromatic rings. The van der Waals surface area contributed by atoms with Crippen molar-refractivity contribution in [3.8, 4) is 5.69 Å². The molecule has 0 aliphatic heterocycles. The Morgan fingerprint density at radius 1 is 1.09 bits per heavy atom. The first-order valence-corrected chi connectivity index (χ1v) is 7.37. The summed E-state index contributed by atoms with van der Waals surface area (Å²) in [5, 5.41) is 0. The van der Waals surface area contributed by atoms with Gasteiger partial charge in [-0.15, -0.1) is 0 Å². The topological polar surface area (TPSA) is 61.8 Å². The van der Waals surface area contributed by atoms with Crippen LogP contribution in [0.3, 0.4) is 0 Å². The number of fused-ring (bicyclic) bond motifs is 1. The van der Waals surface area contributed by atoms with Gasteiger partial charge in [-0.25, -0.2) is 14.3 Å². The first-order chi connectivity index (χ1) is 10.6. The highest BCUT2D eigenvalue weighted by molar-refractivity contribution is 5.72. The number of imidazole rings is 1. The van der Waals surface area contributed by atoms with E-state index in [9.17, 15) is 9.59 Å². The van der Waals surface area contributed by atoms with E-state index >= 15 is 0 Å². The second-order valence-corrected chi connectivity index (χ2v) is 4.53. The van der Waals surface area contributed by atoms with Gasteiger partial charge in [0.05, 0.1) is 12.0 Å². The van der Waals surface area contributed by atoms with E-state index in [2.05, 4.69) is 4.98 Å². The lowest BCUT2D eigenvalue weighted by atomic mass is 10.3. The molecule has 1 aromatic carbocycles. The zero-order valence-electron chi connectivity index (χ0n) is 13.3. The van der Waals surface area contributed by atoms with Crippen LogP contribution < -0.4 is 11.2 Å². The number of aromatic nitrogens is 4. The molecule has 116 valence electrons. The van der Waals surface area contributed by atoms with Crippen LogP contribution in [0, 0.1) is 0 Å². The minimum absolute atomic E-state index is 0.304. The maximum absolute atomic E-state index is 12.6. The fraction of sp³-hybridized carbons (Fsp3) is 0.312. The highest BCUT2D eigenvalue weighted by Gasteiger charge is 2.16. The maximum Gasteiger partial charge on any atom is 0.337 e. The average molecular weight is 300 g/mol. The first kappa shape index (κ1) is 15.8. The summed E-state index contributed by atoms with van der Waals surface area (Å²) in [5.74, 6) is 0. The highest BCUT2D eigenvalue weighted by atomic mass is 16.2. The quantitative estimate of drug-likeness (QED) is 0.726. The third-order valence-corrected chi connectivity index (χ3v) is 3.32. The molecule has 0 unspecified atom stereocenters. The normalized spacial score (nSPS) is 10.4. The summed E-state index contributed by atoms with van der Waals surface area (Å²) in [5.41, 5.74) is 0.835. The molecule has 6 nitrogen and oxygen atoms in total. The number of nitrogens with zero attached hydrogens (tertiary/aromatic N) is 4. The predicted octanol–water partition coefficient (Wildman–Crippen LogP) is 1.93. The van der Waals surface area contributed by atoms with E-state index < -0.39 is 0 Å². The standard InChI is InChI=1S/C14H14N4O2.C2H6/c1-3-17-13(19)11-12(16(2)9-15-11)18(14(17)20)10-7-5-4-6-8-10;1-2/h4-9H,3H2,1-2H3;1-2H3. The molecule has 0 saturated heterocycles. The van der Waals surface area contributed by atoms with Crippen molar-refractivity contribution in [2.45, 2.75) is 27.3 Å². The SMILES string of the molecule is CC.CCn1c(=O)c2ncn(C)c2n(-c2ccccc2)c1=O. The lowest BCUT2D eigenvalue weighted by molar-refractivity contribution is 0.656. The van der Waals surface area contributed by atoms with Gasteiger partial charge in [0, 0.05) is 13.6 Å². The molecule has 0 amide bonds. The third-order valence-electron chi connectivity index (χ3n) is 3.32. The summed E-state index contributed by atoms with van der Waals surface area (Å²) in [6, 6.07) is 9.25. The van der Waals surface area contributed by atoms with Crippen LogP contribution in [0.15, 0.2) is 46.2 Å². The van der Waals surface area contributed by atoms with Crippen molar-refractivity contribution in [2.24, 2.45) is 7.05 Å². The molecule has 0 spiro atoms. The second-order valence-electron chi connectivity index (χ2n) is 4.53. The molecule has 2 aromatic heterocycles. The van der Waals surface area contributed by atoms with Crippen molar-refractivity contribution in [2.75, 3.05) is 0 Å². The molecule has 0 atom stereocenters. The molecular formula is C16H20N4O2. The highest BCUT2D eigenvalue weighted by Crippen LogP contribution is 2.12. The van der Waals surface area contributed by atoms with Crippen molar-refractivity contribution in [1.29, 1.82) is 0 Å². The van der Waals surface area contributed by atoms with Gasteiger partial charge in [-0.3, -0.25) is 9.36 Å². The third kappa shape index (κ3) is 2.36. The molecule has 0 radical (unpaired) electrons. The Morgan fingerprint density at radius 2 is 1.73 bits per heavy atom. The van der Waals surface area contributed by atoms with E-state index in [4.69, 9.17) is 0 Å². The van der Waals surface area contributed by atoms with Crippen molar-refractivity contribution in [3.63, 3.8) is 0 Å². The molecule has 3 rings (SSSR count). The number of hydrogen-bond donors (Lipinski definition) is 0. The Labute approximate surface area is 128 Å². The lowest BCUT2D eigenvalue weighted by Gasteiger charge is -2.11.